The molecule has 2 aliphatic rings. The lowest BCUT2D eigenvalue weighted by atomic mass is 10.2. The third kappa shape index (κ3) is 2.96. The summed E-state index contributed by atoms with van der Waals surface area (Å²) in [6.07, 6.45) is 3.02. The van der Waals surface area contributed by atoms with Crippen LogP contribution in [0.15, 0.2) is 30.3 Å². The maximum Gasteiger partial charge on any atom is 0.223 e. The second kappa shape index (κ2) is 5.72. The van der Waals surface area contributed by atoms with Crippen molar-refractivity contribution in [3.8, 4) is 0 Å². The summed E-state index contributed by atoms with van der Waals surface area (Å²) >= 11 is 0. The van der Waals surface area contributed by atoms with E-state index in [1.54, 1.807) is 0 Å². The molecule has 0 bridgehead atoms. The fraction of sp³-hybridized carbons (Fsp3) is 0.533. The Hall–Kier alpha value is -1.39. The van der Waals surface area contributed by atoms with Gasteiger partial charge in [0.15, 0.2) is 0 Å². The third-order valence-corrected chi connectivity index (χ3v) is 4.00. The molecule has 0 spiro atoms. The van der Waals surface area contributed by atoms with Gasteiger partial charge < -0.3 is 4.90 Å². The van der Waals surface area contributed by atoms with Gasteiger partial charge in [0.05, 0.1) is 6.17 Å². The summed E-state index contributed by atoms with van der Waals surface area (Å²) < 4.78 is 0. The first kappa shape index (κ1) is 12.6. The molecule has 0 saturated carbocycles. The highest BCUT2D eigenvalue weighted by Crippen LogP contribution is 2.17. The van der Waals surface area contributed by atoms with Crippen molar-refractivity contribution in [2.75, 3.05) is 19.8 Å². The summed E-state index contributed by atoms with van der Waals surface area (Å²) in [5, 5.41) is 3.49. The van der Waals surface area contributed by atoms with E-state index < -0.39 is 0 Å². The zero-order chi connectivity index (χ0) is 13.1. The van der Waals surface area contributed by atoms with E-state index in [-0.39, 0.29) is 6.17 Å². The van der Waals surface area contributed by atoms with E-state index in [4.69, 9.17) is 0 Å². The molecule has 0 radical (unpaired) electrons. The minimum absolute atomic E-state index is 0.252. The molecule has 3 rings (SSSR count). The van der Waals surface area contributed by atoms with Gasteiger partial charge in [-0.25, -0.2) is 0 Å². The molecule has 4 nitrogen and oxygen atoms in total. The van der Waals surface area contributed by atoms with Crippen molar-refractivity contribution in [1.82, 2.24) is 15.1 Å². The van der Waals surface area contributed by atoms with Gasteiger partial charge in [0.2, 0.25) is 5.91 Å². The number of nitrogens with one attached hydrogen (secondary N) is 1. The molecular formula is C15H21N3O. The Morgan fingerprint density at radius 3 is 2.68 bits per heavy atom. The van der Waals surface area contributed by atoms with Gasteiger partial charge >= 0.3 is 0 Å². The van der Waals surface area contributed by atoms with E-state index in [1.807, 2.05) is 11.0 Å². The van der Waals surface area contributed by atoms with Crippen molar-refractivity contribution in [3.63, 3.8) is 0 Å². The van der Waals surface area contributed by atoms with Gasteiger partial charge in [-0.15, -0.1) is 0 Å². The maximum atomic E-state index is 11.7. The maximum absolute atomic E-state index is 11.7. The van der Waals surface area contributed by atoms with Crippen molar-refractivity contribution in [3.05, 3.63) is 35.9 Å². The second-order valence-electron chi connectivity index (χ2n) is 5.40. The number of benzene rings is 1. The molecule has 102 valence electrons. The lowest BCUT2D eigenvalue weighted by molar-refractivity contribution is -0.131. The molecular weight excluding hydrogens is 238 g/mol. The molecule has 2 aliphatic heterocycles. The molecule has 1 aromatic carbocycles. The molecule has 0 aliphatic carbocycles. The molecule has 1 unspecified atom stereocenters. The first-order valence-electron chi connectivity index (χ1n) is 7.12. The summed E-state index contributed by atoms with van der Waals surface area (Å²) in [5.74, 6) is 0.314. The minimum atomic E-state index is 0.252. The zero-order valence-electron chi connectivity index (χ0n) is 11.2. The van der Waals surface area contributed by atoms with Gasteiger partial charge in [0.25, 0.3) is 0 Å². The Bertz CT molecular complexity index is 426. The van der Waals surface area contributed by atoms with Crippen molar-refractivity contribution in [2.45, 2.75) is 32.0 Å². The smallest absolute Gasteiger partial charge is 0.223 e. The van der Waals surface area contributed by atoms with Crippen LogP contribution in [0.1, 0.15) is 24.8 Å². The Kier molecular flexibility index (Phi) is 3.80. The van der Waals surface area contributed by atoms with Crippen molar-refractivity contribution in [2.24, 2.45) is 0 Å². The van der Waals surface area contributed by atoms with Crippen molar-refractivity contribution < 1.29 is 4.79 Å². The van der Waals surface area contributed by atoms with E-state index in [2.05, 4.69) is 34.5 Å². The third-order valence-electron chi connectivity index (χ3n) is 4.00. The Balaban J connectivity index is 1.51. The highest BCUT2D eigenvalue weighted by Gasteiger charge is 2.30. The molecule has 4 heteroatoms. The number of hydrogen-bond donors (Lipinski definition) is 1. The topological polar surface area (TPSA) is 35.6 Å². The first-order valence-corrected chi connectivity index (χ1v) is 7.12. The van der Waals surface area contributed by atoms with Crippen LogP contribution in [0.25, 0.3) is 0 Å². The number of amides is 1. The van der Waals surface area contributed by atoms with E-state index in [0.717, 1.165) is 45.6 Å². The van der Waals surface area contributed by atoms with Crippen LogP contribution < -0.4 is 5.32 Å². The van der Waals surface area contributed by atoms with Crippen LogP contribution in [0.4, 0.5) is 0 Å². The SMILES string of the molecule is O=C1CCCN1C1CCN(Cc2ccccc2)CN1. The van der Waals surface area contributed by atoms with Gasteiger partial charge in [0, 0.05) is 32.7 Å². The van der Waals surface area contributed by atoms with Crippen LogP contribution in [0.3, 0.4) is 0 Å². The summed E-state index contributed by atoms with van der Waals surface area (Å²) in [6.45, 7) is 3.82. The zero-order valence-corrected chi connectivity index (χ0v) is 11.2. The molecule has 1 amide bonds. The lowest BCUT2D eigenvalue weighted by Crippen LogP contribution is -2.55. The van der Waals surface area contributed by atoms with Gasteiger partial charge in [-0.05, 0) is 18.4 Å². The van der Waals surface area contributed by atoms with Gasteiger partial charge in [-0.2, -0.15) is 0 Å². The predicted octanol–water partition coefficient (Wildman–Crippen LogP) is 1.39. The molecule has 19 heavy (non-hydrogen) atoms. The number of hydrogen-bond acceptors (Lipinski definition) is 3. The fourth-order valence-electron chi connectivity index (χ4n) is 2.96. The van der Waals surface area contributed by atoms with Crippen LogP contribution in [0, 0.1) is 0 Å². The first-order chi connectivity index (χ1) is 9.33. The monoisotopic (exact) mass is 259 g/mol. The Morgan fingerprint density at radius 1 is 1.21 bits per heavy atom. The molecule has 2 saturated heterocycles. The normalized spacial score (nSPS) is 24.9. The summed E-state index contributed by atoms with van der Waals surface area (Å²) in [7, 11) is 0. The summed E-state index contributed by atoms with van der Waals surface area (Å²) in [6, 6.07) is 10.5. The number of likely N-dealkylation sites (tertiary alicyclic amines) is 1. The molecule has 2 fully saturated rings. The Labute approximate surface area is 114 Å². The van der Waals surface area contributed by atoms with Gasteiger partial charge in [0.1, 0.15) is 0 Å². The molecule has 2 heterocycles. The number of nitrogens with zero attached hydrogens (tertiary/aromatic N) is 2. The van der Waals surface area contributed by atoms with E-state index >= 15 is 0 Å². The van der Waals surface area contributed by atoms with Gasteiger partial charge in [-0.3, -0.25) is 15.0 Å². The van der Waals surface area contributed by atoms with E-state index in [9.17, 15) is 4.79 Å². The van der Waals surface area contributed by atoms with Crippen LogP contribution >= 0.6 is 0 Å². The predicted molar refractivity (Wildman–Crippen MR) is 74.2 cm³/mol. The van der Waals surface area contributed by atoms with E-state index in [1.165, 1.54) is 5.56 Å². The minimum Gasteiger partial charge on any atom is -0.327 e. The highest BCUT2D eigenvalue weighted by molar-refractivity contribution is 5.78. The lowest BCUT2D eigenvalue weighted by Gasteiger charge is -2.37. The largest absolute Gasteiger partial charge is 0.327 e. The molecule has 1 atom stereocenters. The second-order valence-corrected chi connectivity index (χ2v) is 5.40. The molecule has 1 aromatic rings. The van der Waals surface area contributed by atoms with Crippen LogP contribution in [-0.4, -0.2) is 41.6 Å². The van der Waals surface area contributed by atoms with Crippen LogP contribution in [0.2, 0.25) is 0 Å². The summed E-state index contributed by atoms with van der Waals surface area (Å²) in [5.41, 5.74) is 1.35. The van der Waals surface area contributed by atoms with Crippen LogP contribution in [0.5, 0.6) is 0 Å². The van der Waals surface area contributed by atoms with Crippen molar-refractivity contribution >= 4 is 5.91 Å². The number of carbonyl (C=O) groups is 1. The fourth-order valence-corrected chi connectivity index (χ4v) is 2.96. The van der Waals surface area contributed by atoms with Gasteiger partial charge in [-0.1, -0.05) is 30.3 Å². The highest BCUT2D eigenvalue weighted by atomic mass is 16.2. The summed E-state index contributed by atoms with van der Waals surface area (Å²) in [4.78, 5) is 16.1. The Morgan fingerprint density at radius 2 is 2.05 bits per heavy atom. The van der Waals surface area contributed by atoms with Crippen LogP contribution in [-0.2, 0) is 11.3 Å². The van der Waals surface area contributed by atoms with E-state index in [0.29, 0.717) is 5.91 Å². The molecule has 0 aromatic heterocycles. The average Bonchev–Trinajstić information content (AvgIpc) is 2.87. The average molecular weight is 259 g/mol. The number of rotatable bonds is 3. The number of carbonyl (C=O) groups excluding carboxylic acids is 1. The quantitative estimate of drug-likeness (QED) is 0.891. The standard InChI is InChI=1S/C15H21N3O/c19-15-7-4-9-18(15)14-8-10-17(12-16-14)11-13-5-2-1-3-6-13/h1-3,5-6,14,16H,4,7-12H2. The van der Waals surface area contributed by atoms with Crippen molar-refractivity contribution in [1.29, 1.82) is 0 Å². The molecule has 1 N–H and O–H groups in total.